The van der Waals surface area contributed by atoms with E-state index >= 15 is 0 Å². The van der Waals surface area contributed by atoms with Gasteiger partial charge in [-0.15, -0.1) is 0 Å². The Labute approximate surface area is 176 Å². The zero-order chi connectivity index (χ0) is 21.3. The summed E-state index contributed by atoms with van der Waals surface area (Å²) >= 11 is 0. The van der Waals surface area contributed by atoms with Gasteiger partial charge in [-0.3, -0.25) is 0 Å². The van der Waals surface area contributed by atoms with Crippen molar-refractivity contribution < 1.29 is 19.1 Å². The van der Waals surface area contributed by atoms with Crippen LogP contribution in [0.1, 0.15) is 11.1 Å². The van der Waals surface area contributed by atoms with E-state index in [1.54, 1.807) is 24.3 Å². The summed E-state index contributed by atoms with van der Waals surface area (Å²) in [6.45, 7) is 6.77. The van der Waals surface area contributed by atoms with E-state index < -0.39 is 11.9 Å². The van der Waals surface area contributed by atoms with Crippen LogP contribution in [-0.4, -0.2) is 11.9 Å². The van der Waals surface area contributed by atoms with E-state index in [-0.39, 0.29) is 0 Å². The summed E-state index contributed by atoms with van der Waals surface area (Å²) in [5.74, 6) is 0.0682. The molecule has 3 rings (SSSR count). The Bertz CT molecular complexity index is 1030. The molecule has 0 aliphatic heterocycles. The zero-order valence-corrected chi connectivity index (χ0v) is 16.5. The van der Waals surface area contributed by atoms with Gasteiger partial charge in [-0.2, -0.15) is 0 Å². The molecule has 0 aromatic heterocycles. The molecular weight excluding hydrogens is 376 g/mol. The quantitative estimate of drug-likeness (QED) is 0.293. The van der Waals surface area contributed by atoms with Crippen LogP contribution in [0.3, 0.4) is 0 Å². The fourth-order valence-corrected chi connectivity index (χ4v) is 2.91. The van der Waals surface area contributed by atoms with Gasteiger partial charge in [0.05, 0.1) is 0 Å². The van der Waals surface area contributed by atoms with E-state index in [9.17, 15) is 9.59 Å². The molecule has 0 spiro atoms. The van der Waals surface area contributed by atoms with Crippen molar-refractivity contribution in [2.75, 3.05) is 0 Å². The molecule has 0 aliphatic carbocycles. The second-order valence-electron chi connectivity index (χ2n) is 6.62. The highest BCUT2D eigenvalue weighted by atomic mass is 16.5. The average Bonchev–Trinajstić information content (AvgIpc) is 2.79. The topological polar surface area (TPSA) is 52.6 Å². The Kier molecular flexibility index (Phi) is 6.95. The Balaban J connectivity index is 1.57. The summed E-state index contributed by atoms with van der Waals surface area (Å²) < 4.78 is 10.2. The van der Waals surface area contributed by atoms with Crippen molar-refractivity contribution in [1.82, 2.24) is 0 Å². The lowest BCUT2D eigenvalue weighted by Crippen LogP contribution is -2.03. The second kappa shape index (κ2) is 10.0. The molecule has 30 heavy (non-hydrogen) atoms. The summed E-state index contributed by atoms with van der Waals surface area (Å²) in [6, 6.07) is 23.2. The van der Waals surface area contributed by atoms with Gasteiger partial charge in [0.1, 0.15) is 11.5 Å². The molecule has 0 unspecified atom stereocenters. The highest BCUT2D eigenvalue weighted by Gasteiger charge is 2.04. The number of carbonyl (C=O) groups excluding carboxylic acids is 2. The Hall–Kier alpha value is -3.92. The van der Waals surface area contributed by atoms with Crippen LogP contribution in [0.15, 0.2) is 98.1 Å². The number of carbonyl (C=O) groups is 2. The van der Waals surface area contributed by atoms with Crippen molar-refractivity contribution in [3.63, 3.8) is 0 Å². The molecule has 0 heterocycles. The molecule has 0 saturated carbocycles. The van der Waals surface area contributed by atoms with Crippen LogP contribution < -0.4 is 9.47 Å². The van der Waals surface area contributed by atoms with Gasteiger partial charge in [0.2, 0.25) is 0 Å². The first-order chi connectivity index (χ1) is 14.6. The fraction of sp³-hybridized carbons (Fsp3) is 0.0769. The molecule has 3 aromatic carbocycles. The summed E-state index contributed by atoms with van der Waals surface area (Å²) in [5.41, 5.74) is 4.54. The fourth-order valence-electron chi connectivity index (χ4n) is 2.91. The molecular formula is C26H22O4. The summed E-state index contributed by atoms with van der Waals surface area (Å²) in [4.78, 5) is 22.5. The third-order valence-electron chi connectivity index (χ3n) is 4.54. The highest BCUT2D eigenvalue weighted by Crippen LogP contribution is 2.23. The molecule has 4 heteroatoms. The van der Waals surface area contributed by atoms with Gasteiger partial charge in [0, 0.05) is 12.2 Å². The van der Waals surface area contributed by atoms with Crippen molar-refractivity contribution in [2.24, 2.45) is 0 Å². The first kappa shape index (κ1) is 20.8. The molecule has 0 radical (unpaired) electrons. The minimum Gasteiger partial charge on any atom is -0.423 e. The molecule has 150 valence electrons. The molecule has 4 nitrogen and oxygen atoms in total. The van der Waals surface area contributed by atoms with Crippen molar-refractivity contribution in [2.45, 2.75) is 12.8 Å². The van der Waals surface area contributed by atoms with E-state index in [2.05, 4.69) is 37.4 Å². The third-order valence-corrected chi connectivity index (χ3v) is 4.54. The van der Waals surface area contributed by atoms with E-state index in [1.165, 1.54) is 11.1 Å². The number of aryl methyl sites for hydroxylation is 2. The lowest BCUT2D eigenvalue weighted by Gasteiger charge is -2.07. The highest BCUT2D eigenvalue weighted by molar-refractivity contribution is 5.83. The van der Waals surface area contributed by atoms with E-state index in [0.717, 1.165) is 36.1 Å². The summed E-state index contributed by atoms with van der Waals surface area (Å²) in [7, 11) is 0. The van der Waals surface area contributed by atoms with Crippen molar-refractivity contribution >= 4 is 11.9 Å². The van der Waals surface area contributed by atoms with Gasteiger partial charge >= 0.3 is 11.9 Å². The smallest absolute Gasteiger partial charge is 0.335 e. The Morgan fingerprint density at radius 3 is 1.33 bits per heavy atom. The van der Waals surface area contributed by atoms with Gasteiger partial charge in [-0.05, 0) is 59.4 Å². The molecule has 0 fully saturated rings. The maximum Gasteiger partial charge on any atom is 0.335 e. The predicted molar refractivity (Wildman–Crippen MR) is 117 cm³/mol. The van der Waals surface area contributed by atoms with Crippen LogP contribution in [0.5, 0.6) is 11.5 Å². The molecule has 0 saturated heterocycles. The normalized spacial score (nSPS) is 10.1. The van der Waals surface area contributed by atoms with Gasteiger partial charge in [-0.1, -0.05) is 61.7 Å². The van der Waals surface area contributed by atoms with Gasteiger partial charge in [0.15, 0.2) is 0 Å². The first-order valence-electron chi connectivity index (χ1n) is 9.54. The maximum absolute atomic E-state index is 11.2. The van der Waals surface area contributed by atoms with Crippen molar-refractivity contribution in [3.05, 3.63) is 109 Å². The van der Waals surface area contributed by atoms with Crippen LogP contribution >= 0.6 is 0 Å². The van der Waals surface area contributed by atoms with Gasteiger partial charge < -0.3 is 9.47 Å². The predicted octanol–water partition coefficient (Wildman–Crippen LogP) is 5.32. The van der Waals surface area contributed by atoms with Crippen LogP contribution in [0.25, 0.3) is 11.1 Å². The number of esters is 2. The number of ether oxygens (including phenoxy) is 2. The molecule has 0 amide bonds. The minimum absolute atomic E-state index is 0.463. The number of rotatable bonds is 8. The summed E-state index contributed by atoms with van der Waals surface area (Å²) in [6.07, 6.45) is 4.07. The molecule has 0 aliphatic rings. The molecule has 0 N–H and O–H groups in total. The maximum atomic E-state index is 11.2. The molecule has 3 aromatic rings. The molecule has 0 bridgehead atoms. The Morgan fingerprint density at radius 2 is 0.933 bits per heavy atom. The standard InChI is InChI=1S/C26H22O4/c1-3-25(27)29-23-15-9-20(10-16-23)6-5-19-7-11-21(12-8-19)22-13-17-24(18-14-22)30-26(28)4-2/h3-4,7-18H,1-2,5-6H2. The second-order valence-corrected chi connectivity index (χ2v) is 6.62. The van der Waals surface area contributed by atoms with Crippen molar-refractivity contribution in [1.29, 1.82) is 0 Å². The van der Waals surface area contributed by atoms with Gasteiger partial charge in [0.25, 0.3) is 0 Å². The van der Waals surface area contributed by atoms with Crippen LogP contribution in [0.2, 0.25) is 0 Å². The van der Waals surface area contributed by atoms with Gasteiger partial charge in [-0.25, -0.2) is 9.59 Å². The van der Waals surface area contributed by atoms with Crippen molar-refractivity contribution in [3.8, 4) is 22.6 Å². The largest absolute Gasteiger partial charge is 0.423 e. The zero-order valence-electron chi connectivity index (χ0n) is 16.5. The van der Waals surface area contributed by atoms with E-state index in [1.807, 2.05) is 24.3 Å². The minimum atomic E-state index is -0.473. The lowest BCUT2D eigenvalue weighted by atomic mass is 10.0. The van der Waals surface area contributed by atoms with Crippen LogP contribution in [0.4, 0.5) is 0 Å². The van der Waals surface area contributed by atoms with Crippen LogP contribution in [0, 0.1) is 0 Å². The van der Waals surface area contributed by atoms with E-state index in [4.69, 9.17) is 9.47 Å². The lowest BCUT2D eigenvalue weighted by molar-refractivity contribution is -0.129. The number of benzene rings is 3. The molecule has 0 atom stereocenters. The Morgan fingerprint density at radius 1 is 0.600 bits per heavy atom. The third kappa shape index (κ3) is 5.79. The summed E-state index contributed by atoms with van der Waals surface area (Å²) in [5, 5.41) is 0. The SMILES string of the molecule is C=CC(=O)Oc1ccc(CCc2ccc(-c3ccc(OC(=O)C=C)cc3)cc2)cc1. The number of hydrogen-bond donors (Lipinski definition) is 0. The number of hydrogen-bond acceptors (Lipinski definition) is 4. The first-order valence-corrected chi connectivity index (χ1v) is 9.54. The van der Waals surface area contributed by atoms with E-state index in [0.29, 0.717) is 11.5 Å². The van der Waals surface area contributed by atoms with Crippen LogP contribution in [-0.2, 0) is 22.4 Å². The average molecular weight is 398 g/mol. The monoisotopic (exact) mass is 398 g/mol.